The van der Waals surface area contributed by atoms with Gasteiger partial charge in [-0.05, 0) is 13.0 Å². The SMILES string of the molecule is Cc1csc(CNS(=O)(=O)c2cnc(NN)c(Cl)c2)n1. The van der Waals surface area contributed by atoms with Gasteiger partial charge in [0.2, 0.25) is 10.0 Å². The summed E-state index contributed by atoms with van der Waals surface area (Å²) in [6, 6.07) is 1.28. The summed E-state index contributed by atoms with van der Waals surface area (Å²) in [5.74, 6) is 5.39. The lowest BCUT2D eigenvalue weighted by molar-refractivity contribution is 0.580. The van der Waals surface area contributed by atoms with Gasteiger partial charge in [0.25, 0.3) is 0 Å². The van der Waals surface area contributed by atoms with Crippen LogP contribution in [0.2, 0.25) is 5.02 Å². The molecular formula is C10H12ClN5O2S2. The fourth-order valence-electron chi connectivity index (χ4n) is 1.40. The lowest BCUT2D eigenvalue weighted by atomic mass is 10.5. The minimum Gasteiger partial charge on any atom is -0.307 e. The van der Waals surface area contributed by atoms with Crippen LogP contribution in [0, 0.1) is 6.92 Å². The van der Waals surface area contributed by atoms with Crippen molar-refractivity contribution in [2.24, 2.45) is 5.84 Å². The maximum Gasteiger partial charge on any atom is 0.242 e. The van der Waals surface area contributed by atoms with Crippen molar-refractivity contribution in [3.8, 4) is 0 Å². The molecule has 2 rings (SSSR count). The largest absolute Gasteiger partial charge is 0.307 e. The predicted octanol–water partition coefficient (Wildman–Crippen LogP) is 1.26. The first kappa shape index (κ1) is 15.1. The summed E-state index contributed by atoms with van der Waals surface area (Å²) >= 11 is 7.24. The van der Waals surface area contributed by atoms with Crippen molar-refractivity contribution in [1.82, 2.24) is 14.7 Å². The monoisotopic (exact) mass is 333 g/mol. The number of nitrogens with two attached hydrogens (primary N) is 1. The van der Waals surface area contributed by atoms with Crippen LogP contribution in [0.5, 0.6) is 0 Å². The topological polar surface area (TPSA) is 110 Å². The molecule has 0 spiro atoms. The standard InChI is InChI=1S/C10H12ClN5O2S2/c1-6-5-19-9(15-6)4-14-20(17,18)7-2-8(11)10(16-12)13-3-7/h2-3,5,14H,4,12H2,1H3,(H,13,16). The van der Waals surface area contributed by atoms with Crippen LogP contribution < -0.4 is 16.0 Å². The summed E-state index contributed by atoms with van der Waals surface area (Å²) in [4.78, 5) is 7.96. The number of rotatable bonds is 5. The number of hydrazine groups is 1. The second kappa shape index (κ2) is 6.02. The average molecular weight is 334 g/mol. The number of hydrogen-bond donors (Lipinski definition) is 3. The van der Waals surface area contributed by atoms with E-state index in [-0.39, 0.29) is 22.3 Å². The third kappa shape index (κ3) is 3.44. The van der Waals surface area contributed by atoms with E-state index in [1.54, 1.807) is 0 Å². The van der Waals surface area contributed by atoms with Gasteiger partial charge in [-0.3, -0.25) is 0 Å². The van der Waals surface area contributed by atoms with Crippen molar-refractivity contribution in [2.75, 3.05) is 5.43 Å². The molecule has 0 atom stereocenters. The minimum absolute atomic E-state index is 0.0326. The second-order valence-electron chi connectivity index (χ2n) is 3.85. The molecule has 2 aromatic heterocycles. The molecule has 0 radical (unpaired) electrons. The van der Waals surface area contributed by atoms with E-state index < -0.39 is 10.0 Å². The van der Waals surface area contributed by atoms with Gasteiger partial charge in [-0.15, -0.1) is 11.3 Å². The van der Waals surface area contributed by atoms with Crippen LogP contribution in [0.15, 0.2) is 22.5 Å². The van der Waals surface area contributed by atoms with E-state index in [4.69, 9.17) is 17.4 Å². The average Bonchev–Trinajstić information content (AvgIpc) is 2.82. The van der Waals surface area contributed by atoms with Crippen LogP contribution in [0.3, 0.4) is 0 Å². The Labute approximate surface area is 125 Å². The molecule has 0 fully saturated rings. The molecule has 2 aromatic rings. The van der Waals surface area contributed by atoms with Gasteiger partial charge in [0.15, 0.2) is 5.82 Å². The lowest BCUT2D eigenvalue weighted by Gasteiger charge is -2.07. The zero-order valence-electron chi connectivity index (χ0n) is 10.4. The number of nitrogen functional groups attached to an aromatic ring is 1. The molecule has 0 amide bonds. The van der Waals surface area contributed by atoms with Crippen molar-refractivity contribution in [3.05, 3.63) is 33.4 Å². The molecule has 0 aliphatic heterocycles. The van der Waals surface area contributed by atoms with Gasteiger partial charge in [-0.1, -0.05) is 11.6 Å². The number of thiazole rings is 1. The zero-order valence-corrected chi connectivity index (χ0v) is 12.8. The highest BCUT2D eigenvalue weighted by Gasteiger charge is 2.17. The number of nitrogens with zero attached hydrogens (tertiary/aromatic N) is 2. The zero-order chi connectivity index (χ0) is 14.8. The summed E-state index contributed by atoms with van der Waals surface area (Å²) < 4.78 is 26.6. The summed E-state index contributed by atoms with van der Waals surface area (Å²) in [5.41, 5.74) is 3.12. The molecule has 0 aliphatic rings. The minimum atomic E-state index is -3.70. The number of pyridine rings is 1. The van der Waals surface area contributed by atoms with E-state index in [0.717, 1.165) is 5.69 Å². The molecule has 0 bridgehead atoms. The van der Waals surface area contributed by atoms with Crippen molar-refractivity contribution in [3.63, 3.8) is 0 Å². The number of sulfonamides is 1. The number of anilines is 1. The number of hydrogen-bond acceptors (Lipinski definition) is 7. The van der Waals surface area contributed by atoms with Crippen molar-refractivity contribution < 1.29 is 8.42 Å². The molecule has 2 heterocycles. The highest BCUT2D eigenvalue weighted by atomic mass is 35.5. The Morgan fingerprint density at radius 3 is 2.80 bits per heavy atom. The highest BCUT2D eigenvalue weighted by Crippen LogP contribution is 2.21. The normalized spacial score (nSPS) is 11.6. The fourth-order valence-corrected chi connectivity index (χ4v) is 3.44. The quantitative estimate of drug-likeness (QED) is 0.561. The van der Waals surface area contributed by atoms with E-state index >= 15 is 0 Å². The summed E-state index contributed by atoms with van der Waals surface area (Å²) in [6.07, 6.45) is 1.18. The van der Waals surface area contributed by atoms with Crippen molar-refractivity contribution in [2.45, 2.75) is 18.4 Å². The molecule has 10 heteroatoms. The Hall–Kier alpha value is -1.26. The Balaban J connectivity index is 2.15. The molecule has 7 nitrogen and oxygen atoms in total. The maximum absolute atomic E-state index is 12.1. The summed E-state index contributed by atoms with van der Waals surface area (Å²) in [5, 5.41) is 2.66. The Bertz CT molecular complexity index is 716. The second-order valence-corrected chi connectivity index (χ2v) is 6.97. The van der Waals surface area contributed by atoms with Gasteiger partial charge in [-0.2, -0.15) is 0 Å². The van der Waals surface area contributed by atoms with E-state index in [2.05, 4.69) is 20.1 Å². The molecule has 0 aliphatic carbocycles. The molecule has 0 unspecified atom stereocenters. The van der Waals surface area contributed by atoms with Crippen LogP contribution in [0.4, 0.5) is 5.82 Å². The summed E-state index contributed by atoms with van der Waals surface area (Å²) in [6.45, 7) is 1.96. The first-order valence-corrected chi connectivity index (χ1v) is 8.19. The first-order chi connectivity index (χ1) is 9.42. The van der Waals surface area contributed by atoms with Gasteiger partial charge in [0, 0.05) is 17.3 Å². The molecule has 0 saturated heterocycles. The van der Waals surface area contributed by atoms with E-state index in [0.29, 0.717) is 5.01 Å². The van der Waals surface area contributed by atoms with Crippen LogP contribution in [0.25, 0.3) is 0 Å². The molecule has 0 aromatic carbocycles. The van der Waals surface area contributed by atoms with Crippen molar-refractivity contribution in [1.29, 1.82) is 0 Å². The number of nitrogens with one attached hydrogen (secondary N) is 2. The van der Waals surface area contributed by atoms with E-state index in [1.165, 1.54) is 23.6 Å². The number of aryl methyl sites for hydroxylation is 1. The number of halogens is 1. The first-order valence-electron chi connectivity index (χ1n) is 5.45. The molecule has 108 valence electrons. The van der Waals surface area contributed by atoms with Crippen LogP contribution >= 0.6 is 22.9 Å². The van der Waals surface area contributed by atoms with Gasteiger partial charge in [0.05, 0.1) is 11.6 Å². The van der Waals surface area contributed by atoms with E-state index in [1.807, 2.05) is 12.3 Å². The third-order valence-electron chi connectivity index (χ3n) is 2.34. The third-order valence-corrected chi connectivity index (χ3v) is 4.97. The Morgan fingerprint density at radius 2 is 2.25 bits per heavy atom. The summed E-state index contributed by atoms with van der Waals surface area (Å²) in [7, 11) is -3.70. The van der Waals surface area contributed by atoms with E-state index in [9.17, 15) is 8.42 Å². The Kier molecular flexibility index (Phi) is 4.55. The maximum atomic E-state index is 12.1. The fraction of sp³-hybridized carbons (Fsp3) is 0.200. The van der Waals surface area contributed by atoms with Gasteiger partial charge in [0.1, 0.15) is 9.90 Å². The number of aromatic nitrogens is 2. The smallest absolute Gasteiger partial charge is 0.242 e. The van der Waals surface area contributed by atoms with Gasteiger partial charge in [-0.25, -0.2) is 29.0 Å². The highest BCUT2D eigenvalue weighted by molar-refractivity contribution is 7.89. The Morgan fingerprint density at radius 1 is 1.50 bits per heavy atom. The molecule has 20 heavy (non-hydrogen) atoms. The lowest BCUT2D eigenvalue weighted by Crippen LogP contribution is -2.23. The van der Waals surface area contributed by atoms with Gasteiger partial charge >= 0.3 is 0 Å². The van der Waals surface area contributed by atoms with Crippen LogP contribution in [-0.2, 0) is 16.6 Å². The van der Waals surface area contributed by atoms with Crippen LogP contribution in [0.1, 0.15) is 10.7 Å². The van der Waals surface area contributed by atoms with Gasteiger partial charge < -0.3 is 5.43 Å². The van der Waals surface area contributed by atoms with Crippen molar-refractivity contribution >= 4 is 38.8 Å². The predicted molar refractivity (Wildman–Crippen MR) is 77.9 cm³/mol. The van der Waals surface area contributed by atoms with Crippen LogP contribution in [-0.4, -0.2) is 18.4 Å². The molecular weight excluding hydrogens is 322 g/mol. The molecule has 0 saturated carbocycles. The molecule has 4 N–H and O–H groups in total.